The minimum Gasteiger partial charge on any atom is -0.468 e. The van der Waals surface area contributed by atoms with Gasteiger partial charge in [-0.25, -0.2) is 4.89 Å². The zero-order valence-corrected chi connectivity index (χ0v) is 21.0. The van der Waals surface area contributed by atoms with Crippen LogP contribution >= 0.6 is 0 Å². The molecule has 0 N–H and O–H groups in total. The van der Waals surface area contributed by atoms with Crippen LogP contribution in [0, 0.1) is 30.6 Å². The smallest absolute Gasteiger partial charge is 0.320 e. The van der Waals surface area contributed by atoms with Crippen molar-refractivity contribution in [2.75, 3.05) is 27.9 Å². The molecule has 0 radical (unpaired) electrons. The molecule has 0 amide bonds. The van der Waals surface area contributed by atoms with Crippen LogP contribution in [-0.4, -0.2) is 51.1 Å². The third kappa shape index (κ3) is 3.72. The van der Waals surface area contributed by atoms with Crippen LogP contribution in [0.15, 0.2) is 24.3 Å². The van der Waals surface area contributed by atoms with Gasteiger partial charge in [0.15, 0.2) is 11.5 Å². The first-order valence-corrected chi connectivity index (χ1v) is 12.6. The minimum absolute atomic E-state index is 0.208. The van der Waals surface area contributed by atoms with E-state index in [1.54, 1.807) is 7.11 Å². The maximum atomic E-state index is 12.1. The Bertz CT molecular complexity index is 956. The fraction of sp³-hybridized carbons (Fsp3) is 0.704. The van der Waals surface area contributed by atoms with Gasteiger partial charge < -0.3 is 18.9 Å². The molecule has 1 aromatic carbocycles. The van der Waals surface area contributed by atoms with Crippen LogP contribution in [0.25, 0.3) is 0 Å². The molecule has 4 saturated carbocycles. The first-order chi connectivity index (χ1) is 16.8. The van der Waals surface area contributed by atoms with Crippen molar-refractivity contribution in [3.05, 3.63) is 35.4 Å². The summed E-state index contributed by atoms with van der Waals surface area (Å²) in [4.78, 5) is 36.2. The van der Waals surface area contributed by atoms with E-state index in [4.69, 9.17) is 28.7 Å². The Morgan fingerprint density at radius 1 is 1.03 bits per heavy atom. The standard InChI is InChI=1S/C27H36O8/c1-17-6-5-7-19(12-17)27(32-4)26(34-35-27)20-9-8-18-13-21(26)16-25(14-18,15-20)33-11-10-22(23(28)30-2)24(29)31-3/h5-7,12,18,20-22H,8-11,13-16H2,1-4H3. The molecule has 1 spiro atoms. The minimum atomic E-state index is -0.974. The SMILES string of the molecule is COC(=O)C(CCOC12CC3CCC(C1)C1(OOC1(OC)c1cccc(C)c1)C(C3)C2)C(=O)OC. The van der Waals surface area contributed by atoms with Crippen molar-refractivity contribution < 1.29 is 38.3 Å². The van der Waals surface area contributed by atoms with E-state index < -0.39 is 29.2 Å². The monoisotopic (exact) mass is 488 g/mol. The number of hydrogen-bond donors (Lipinski definition) is 0. The molecule has 6 atom stereocenters. The van der Waals surface area contributed by atoms with Crippen LogP contribution in [0.2, 0.25) is 0 Å². The summed E-state index contributed by atoms with van der Waals surface area (Å²) < 4.78 is 22.4. The van der Waals surface area contributed by atoms with Gasteiger partial charge in [-0.15, -0.1) is 0 Å². The summed E-state index contributed by atoms with van der Waals surface area (Å²) >= 11 is 0. The van der Waals surface area contributed by atoms with Gasteiger partial charge in [-0.05, 0) is 63.7 Å². The molecule has 1 heterocycles. The lowest BCUT2D eigenvalue weighted by Gasteiger charge is -2.66. The van der Waals surface area contributed by atoms with Crippen LogP contribution < -0.4 is 0 Å². The van der Waals surface area contributed by atoms with Gasteiger partial charge in [0, 0.05) is 25.2 Å². The van der Waals surface area contributed by atoms with E-state index in [0.29, 0.717) is 12.5 Å². The van der Waals surface area contributed by atoms with E-state index in [2.05, 4.69) is 25.1 Å². The van der Waals surface area contributed by atoms with Gasteiger partial charge in [0.1, 0.15) is 0 Å². The highest BCUT2D eigenvalue weighted by Gasteiger charge is 2.77. The highest BCUT2D eigenvalue weighted by Crippen LogP contribution is 2.69. The van der Waals surface area contributed by atoms with E-state index in [1.165, 1.54) is 14.2 Å². The Hall–Kier alpha value is -2.00. The predicted molar refractivity (Wildman–Crippen MR) is 124 cm³/mol. The van der Waals surface area contributed by atoms with E-state index in [-0.39, 0.29) is 23.9 Å². The zero-order chi connectivity index (χ0) is 24.8. The number of benzene rings is 1. The molecule has 1 aromatic rings. The number of carbonyl (C=O) groups excluding carboxylic acids is 2. The average molecular weight is 489 g/mol. The number of esters is 2. The summed E-state index contributed by atoms with van der Waals surface area (Å²) in [7, 11) is 4.26. The number of aryl methyl sites for hydroxylation is 1. The Labute approximate surface area is 206 Å². The Morgan fingerprint density at radius 3 is 2.40 bits per heavy atom. The van der Waals surface area contributed by atoms with Gasteiger partial charge in [-0.1, -0.05) is 29.8 Å². The molecular weight excluding hydrogens is 452 g/mol. The molecule has 35 heavy (non-hydrogen) atoms. The zero-order valence-electron chi connectivity index (χ0n) is 21.0. The Morgan fingerprint density at radius 2 is 1.77 bits per heavy atom. The van der Waals surface area contributed by atoms with Gasteiger partial charge in [0.05, 0.1) is 19.8 Å². The lowest BCUT2D eigenvalue weighted by molar-refractivity contribution is -0.642. The van der Waals surface area contributed by atoms with E-state index >= 15 is 0 Å². The van der Waals surface area contributed by atoms with Gasteiger partial charge in [-0.2, -0.15) is 4.89 Å². The Balaban J connectivity index is 1.39. The van der Waals surface area contributed by atoms with Crippen LogP contribution in [0.1, 0.15) is 56.1 Å². The molecule has 1 saturated heterocycles. The van der Waals surface area contributed by atoms with Crippen molar-refractivity contribution in [3.63, 3.8) is 0 Å². The third-order valence-electron chi connectivity index (χ3n) is 8.93. The molecule has 6 unspecified atom stereocenters. The molecule has 1 aliphatic heterocycles. The van der Waals surface area contributed by atoms with Crippen molar-refractivity contribution in [2.24, 2.45) is 23.7 Å². The molecule has 4 bridgehead atoms. The normalized spacial score (nSPS) is 37.2. The second-order valence-corrected chi connectivity index (χ2v) is 10.8. The first-order valence-electron chi connectivity index (χ1n) is 12.6. The molecule has 192 valence electrons. The number of carbonyl (C=O) groups is 2. The highest BCUT2D eigenvalue weighted by atomic mass is 17.3. The fourth-order valence-corrected chi connectivity index (χ4v) is 7.54. The quantitative estimate of drug-likeness (QED) is 0.310. The topological polar surface area (TPSA) is 89.5 Å². The van der Waals surface area contributed by atoms with E-state index in [0.717, 1.165) is 49.7 Å². The molecule has 4 aliphatic carbocycles. The van der Waals surface area contributed by atoms with Gasteiger partial charge in [0.25, 0.3) is 5.79 Å². The first kappa shape index (κ1) is 24.7. The maximum Gasteiger partial charge on any atom is 0.320 e. The maximum absolute atomic E-state index is 12.1. The number of rotatable bonds is 8. The second kappa shape index (κ2) is 9.14. The molecular formula is C27H36O8. The van der Waals surface area contributed by atoms with Crippen LogP contribution in [0.3, 0.4) is 0 Å². The van der Waals surface area contributed by atoms with Gasteiger partial charge >= 0.3 is 11.9 Å². The van der Waals surface area contributed by atoms with Crippen molar-refractivity contribution in [1.82, 2.24) is 0 Å². The van der Waals surface area contributed by atoms with E-state index in [9.17, 15) is 9.59 Å². The second-order valence-electron chi connectivity index (χ2n) is 10.8. The summed E-state index contributed by atoms with van der Waals surface area (Å²) in [5, 5.41) is 0. The van der Waals surface area contributed by atoms with Gasteiger partial charge in [0.2, 0.25) is 0 Å². The van der Waals surface area contributed by atoms with Crippen molar-refractivity contribution in [3.8, 4) is 0 Å². The predicted octanol–water partition coefficient (Wildman–Crippen LogP) is 3.83. The molecule has 5 fully saturated rings. The summed E-state index contributed by atoms with van der Waals surface area (Å²) in [5.41, 5.74) is 1.28. The lowest BCUT2D eigenvalue weighted by atomic mass is 9.54. The average Bonchev–Trinajstić information content (AvgIpc) is 3.04. The third-order valence-corrected chi connectivity index (χ3v) is 8.93. The Kier molecular flexibility index (Phi) is 6.45. The molecule has 8 heteroatoms. The lowest BCUT2D eigenvalue weighted by Crippen LogP contribution is -2.75. The highest BCUT2D eigenvalue weighted by molar-refractivity contribution is 5.94. The largest absolute Gasteiger partial charge is 0.468 e. The number of fused-ring (bicyclic) bond motifs is 1. The number of methoxy groups -OCH3 is 3. The number of hydrogen-bond acceptors (Lipinski definition) is 8. The molecule has 8 nitrogen and oxygen atoms in total. The van der Waals surface area contributed by atoms with Crippen molar-refractivity contribution >= 4 is 11.9 Å². The van der Waals surface area contributed by atoms with Crippen LogP contribution in [0.4, 0.5) is 0 Å². The van der Waals surface area contributed by atoms with Crippen molar-refractivity contribution in [1.29, 1.82) is 0 Å². The molecule has 0 aromatic heterocycles. The van der Waals surface area contributed by atoms with Crippen LogP contribution in [0.5, 0.6) is 0 Å². The molecule has 6 rings (SSSR count). The fourth-order valence-electron chi connectivity index (χ4n) is 7.54. The summed E-state index contributed by atoms with van der Waals surface area (Å²) in [6.07, 6.45) is 6.09. The van der Waals surface area contributed by atoms with E-state index in [1.807, 2.05) is 6.07 Å². The summed E-state index contributed by atoms with van der Waals surface area (Å²) in [5.74, 6) is -2.14. The summed E-state index contributed by atoms with van der Waals surface area (Å²) in [6, 6.07) is 8.30. The van der Waals surface area contributed by atoms with Gasteiger partial charge in [-0.3, -0.25) is 9.59 Å². The summed E-state index contributed by atoms with van der Waals surface area (Å²) in [6.45, 7) is 2.36. The van der Waals surface area contributed by atoms with Crippen molar-refractivity contribution in [2.45, 2.75) is 68.9 Å². The number of ether oxygens (including phenoxy) is 4. The van der Waals surface area contributed by atoms with Crippen LogP contribution in [-0.2, 0) is 44.1 Å². The molecule has 5 aliphatic rings.